The van der Waals surface area contributed by atoms with Crippen molar-refractivity contribution in [2.75, 3.05) is 0 Å². The first kappa shape index (κ1) is 19.1. The molecular weight excluding hydrogens is 332 g/mol. The van der Waals surface area contributed by atoms with Gasteiger partial charge in [-0.3, -0.25) is 0 Å². The average Bonchev–Trinajstić information content (AvgIpc) is 2.37. The van der Waals surface area contributed by atoms with Crippen LogP contribution in [0.15, 0.2) is 27.5 Å². The maximum atomic E-state index is 12.7. The van der Waals surface area contributed by atoms with E-state index in [1.165, 1.54) is 13.0 Å². The van der Waals surface area contributed by atoms with E-state index in [0.29, 0.717) is 11.3 Å². The van der Waals surface area contributed by atoms with Crippen LogP contribution in [0, 0.1) is 6.92 Å². The van der Waals surface area contributed by atoms with Gasteiger partial charge in [-0.2, -0.15) is 8.78 Å². The Morgan fingerprint density at radius 3 is 2.32 bits per heavy atom. The van der Waals surface area contributed by atoms with Gasteiger partial charge in [-0.1, -0.05) is 16.5 Å². The Morgan fingerprint density at radius 2 is 1.86 bits per heavy atom. The van der Waals surface area contributed by atoms with Crippen LogP contribution in [0.2, 0.25) is 0 Å². The topological polar surface area (TPSA) is 69.6 Å². The lowest BCUT2D eigenvalue weighted by atomic mass is 10.1. The maximum Gasteiger partial charge on any atom is 0.341 e. The third kappa shape index (κ3) is 4.05. The van der Waals surface area contributed by atoms with Crippen molar-refractivity contribution in [1.29, 1.82) is 0 Å². The largest absolute Gasteiger partial charge is 0.591 e. The van der Waals surface area contributed by atoms with E-state index in [1.54, 1.807) is 33.8 Å². The summed E-state index contributed by atoms with van der Waals surface area (Å²) in [5.41, 5.74) is 0.909. The summed E-state index contributed by atoms with van der Waals surface area (Å²) in [6.07, 6.45) is 0. The normalized spacial score (nSPS) is 15.2. The molecule has 22 heavy (non-hydrogen) atoms. The lowest BCUT2D eigenvalue weighted by Crippen LogP contribution is -2.27. The standard InChI is InChI=1S/C14H19F2NO3S2/c1-9-11(10(2)17-21(18)14(3,4)5)7-6-8-12(9)22(19,20)13(15)16/h6-8,13H,1-5H3/t21-/m0/s1. The van der Waals surface area contributed by atoms with E-state index < -0.39 is 36.6 Å². The highest BCUT2D eigenvalue weighted by molar-refractivity contribution is 7.92. The molecule has 0 unspecified atom stereocenters. The molecule has 0 saturated heterocycles. The molecule has 0 amide bonds. The zero-order valence-corrected chi connectivity index (χ0v) is 14.7. The molecule has 0 aliphatic rings. The Hall–Kier alpha value is -0.990. The Kier molecular flexibility index (Phi) is 5.75. The van der Waals surface area contributed by atoms with Gasteiger partial charge >= 0.3 is 5.76 Å². The number of hydrogen-bond donors (Lipinski definition) is 0. The molecule has 124 valence electrons. The first-order valence-corrected chi connectivity index (χ1v) is 9.13. The van der Waals surface area contributed by atoms with Crippen LogP contribution in [0.4, 0.5) is 8.78 Å². The third-order valence-corrected chi connectivity index (χ3v) is 5.97. The SMILES string of the molecule is CC(=N[S@@+]([O-])C(C)(C)C)c1cccc(S(=O)(=O)C(F)F)c1C. The molecular formula is C14H19F2NO3S2. The Bertz CT molecular complexity index is 680. The molecule has 0 aliphatic heterocycles. The molecule has 0 fully saturated rings. The summed E-state index contributed by atoms with van der Waals surface area (Å²) in [6, 6.07) is 4.07. The van der Waals surface area contributed by atoms with Crippen molar-refractivity contribution in [3.05, 3.63) is 29.3 Å². The smallest absolute Gasteiger partial charge is 0.341 e. The van der Waals surface area contributed by atoms with Crippen molar-refractivity contribution in [2.24, 2.45) is 4.40 Å². The highest BCUT2D eigenvalue weighted by Crippen LogP contribution is 2.26. The van der Waals surface area contributed by atoms with Crippen LogP contribution in [0.1, 0.15) is 38.8 Å². The minimum Gasteiger partial charge on any atom is -0.591 e. The van der Waals surface area contributed by atoms with Gasteiger partial charge in [0, 0.05) is 5.56 Å². The number of benzene rings is 1. The number of alkyl halides is 2. The zero-order valence-electron chi connectivity index (χ0n) is 13.1. The molecule has 0 aliphatic carbocycles. The van der Waals surface area contributed by atoms with Crippen molar-refractivity contribution < 1.29 is 21.8 Å². The zero-order chi connectivity index (χ0) is 17.3. The second kappa shape index (κ2) is 6.64. The van der Waals surface area contributed by atoms with Crippen molar-refractivity contribution in [3.63, 3.8) is 0 Å². The van der Waals surface area contributed by atoms with Crippen LogP contribution < -0.4 is 0 Å². The molecule has 0 heterocycles. The van der Waals surface area contributed by atoms with Gasteiger partial charge in [0.1, 0.15) is 16.1 Å². The van der Waals surface area contributed by atoms with E-state index in [-0.39, 0.29) is 5.56 Å². The van der Waals surface area contributed by atoms with Gasteiger partial charge < -0.3 is 4.55 Å². The summed E-state index contributed by atoms with van der Waals surface area (Å²) in [5.74, 6) is -3.48. The molecule has 1 aromatic carbocycles. The van der Waals surface area contributed by atoms with Gasteiger partial charge in [-0.05, 0) is 46.2 Å². The molecule has 8 heteroatoms. The lowest BCUT2D eigenvalue weighted by Gasteiger charge is -2.19. The highest BCUT2D eigenvalue weighted by Gasteiger charge is 2.30. The summed E-state index contributed by atoms with van der Waals surface area (Å²) >= 11 is -1.52. The van der Waals surface area contributed by atoms with E-state index in [0.717, 1.165) is 6.07 Å². The average molecular weight is 351 g/mol. The van der Waals surface area contributed by atoms with E-state index in [1.807, 2.05) is 0 Å². The van der Waals surface area contributed by atoms with Gasteiger partial charge in [0.15, 0.2) is 0 Å². The van der Waals surface area contributed by atoms with Crippen LogP contribution in [0.3, 0.4) is 0 Å². The number of rotatable bonds is 4. The second-order valence-corrected chi connectivity index (χ2v) is 9.56. The molecule has 1 rings (SSSR count). The van der Waals surface area contributed by atoms with Gasteiger partial charge in [0.25, 0.3) is 0 Å². The van der Waals surface area contributed by atoms with Gasteiger partial charge in [-0.25, -0.2) is 8.42 Å². The minimum atomic E-state index is -4.68. The number of nitrogens with zero attached hydrogens (tertiary/aromatic N) is 1. The fourth-order valence-corrected chi connectivity index (χ4v) is 3.34. The predicted molar refractivity (Wildman–Crippen MR) is 84.5 cm³/mol. The van der Waals surface area contributed by atoms with Crippen LogP contribution in [-0.2, 0) is 21.2 Å². The monoisotopic (exact) mass is 351 g/mol. The highest BCUT2D eigenvalue weighted by atomic mass is 32.2. The molecule has 0 radical (unpaired) electrons. The van der Waals surface area contributed by atoms with E-state index in [4.69, 9.17) is 0 Å². The minimum absolute atomic E-state index is 0.176. The van der Waals surface area contributed by atoms with E-state index in [9.17, 15) is 21.8 Å². The molecule has 1 atom stereocenters. The van der Waals surface area contributed by atoms with Crippen LogP contribution in [-0.4, -0.2) is 29.2 Å². The molecule has 1 aromatic rings. The summed E-state index contributed by atoms with van der Waals surface area (Å²) < 4.78 is 64.3. The Labute approximate surface area is 132 Å². The van der Waals surface area contributed by atoms with Crippen molar-refractivity contribution >= 4 is 26.9 Å². The molecule has 0 saturated carbocycles. The van der Waals surface area contributed by atoms with Crippen LogP contribution >= 0.6 is 0 Å². The Morgan fingerprint density at radius 1 is 1.32 bits per heavy atom. The fourth-order valence-electron chi connectivity index (χ4n) is 1.72. The molecule has 0 N–H and O–H groups in total. The van der Waals surface area contributed by atoms with Crippen LogP contribution in [0.5, 0.6) is 0 Å². The first-order valence-electron chi connectivity index (χ1n) is 6.48. The molecule has 0 aromatic heterocycles. The first-order chi connectivity index (χ1) is 9.89. The summed E-state index contributed by atoms with van der Waals surface area (Å²) in [7, 11) is -4.68. The quantitative estimate of drug-likeness (QED) is 0.617. The van der Waals surface area contributed by atoms with Crippen LogP contribution in [0.25, 0.3) is 0 Å². The summed E-state index contributed by atoms with van der Waals surface area (Å²) in [4.78, 5) is -0.434. The Balaban J connectivity index is 3.38. The molecule has 0 spiro atoms. The number of sulfone groups is 1. The van der Waals surface area contributed by atoms with E-state index >= 15 is 0 Å². The summed E-state index contributed by atoms with van der Waals surface area (Å²) in [6.45, 7) is 8.27. The van der Waals surface area contributed by atoms with Crippen molar-refractivity contribution in [3.8, 4) is 0 Å². The lowest BCUT2D eigenvalue weighted by molar-refractivity contribution is 0.234. The second-order valence-electron chi connectivity index (χ2n) is 5.77. The van der Waals surface area contributed by atoms with Gasteiger partial charge in [0.2, 0.25) is 9.84 Å². The van der Waals surface area contributed by atoms with Crippen molar-refractivity contribution in [2.45, 2.75) is 50.0 Å². The third-order valence-electron chi connectivity index (χ3n) is 2.96. The number of halogens is 2. The fraction of sp³-hybridized carbons (Fsp3) is 0.500. The predicted octanol–water partition coefficient (Wildman–Crippen LogP) is 3.26. The summed E-state index contributed by atoms with van der Waals surface area (Å²) in [5, 5.41) is 0. The maximum absolute atomic E-state index is 12.7. The molecule has 4 nitrogen and oxygen atoms in total. The van der Waals surface area contributed by atoms with Gasteiger partial charge in [0.05, 0.1) is 10.6 Å². The molecule has 0 bridgehead atoms. The van der Waals surface area contributed by atoms with E-state index in [2.05, 4.69) is 4.40 Å². The van der Waals surface area contributed by atoms with Gasteiger partial charge in [-0.15, -0.1) is 0 Å². The number of hydrogen-bond acceptors (Lipinski definition) is 4. The van der Waals surface area contributed by atoms with Crippen molar-refractivity contribution in [1.82, 2.24) is 0 Å².